The van der Waals surface area contributed by atoms with E-state index in [2.05, 4.69) is 10.7 Å². The molecule has 0 heterocycles. The van der Waals surface area contributed by atoms with Gasteiger partial charge in [-0.1, -0.05) is 68.9 Å². The molecular weight excluding hydrogens is 430 g/mol. The number of rotatable bonds is 7. The third-order valence-electron chi connectivity index (χ3n) is 6.34. The summed E-state index contributed by atoms with van der Waals surface area (Å²) in [4.78, 5) is 23.0. The van der Waals surface area contributed by atoms with Gasteiger partial charge in [0.1, 0.15) is 11.6 Å². The molecule has 1 atom stereocenters. The van der Waals surface area contributed by atoms with E-state index < -0.39 is 23.7 Å². The van der Waals surface area contributed by atoms with Crippen molar-refractivity contribution in [2.75, 3.05) is 0 Å². The first-order valence-electron chi connectivity index (χ1n) is 12.9. The summed E-state index contributed by atoms with van der Waals surface area (Å²) < 4.78 is 5.15. The standard InChI is InChI=1S/C15H22N2O4.C12H23N/c1-11(13(18)19)17(10-12-8-6-5-7-9-12)16-14(20)21-15(2,3)4;1-3-7-11(8-4-1)13-12-9-5-2-6-10-12/h5-9,11H,10H2,1-4H3,(H,16,20)(H,18,19);11-13H,1-10H2/t11-;/m1./s1. The predicted molar refractivity (Wildman–Crippen MR) is 135 cm³/mol. The number of hydrogen-bond donors (Lipinski definition) is 3. The smallest absolute Gasteiger partial charge is 0.422 e. The molecule has 0 aliphatic heterocycles. The lowest BCUT2D eigenvalue weighted by molar-refractivity contribution is -0.144. The minimum Gasteiger partial charge on any atom is -0.480 e. The summed E-state index contributed by atoms with van der Waals surface area (Å²) in [6.45, 7) is 7.01. The Morgan fingerprint density at radius 3 is 1.91 bits per heavy atom. The highest BCUT2D eigenvalue weighted by molar-refractivity contribution is 5.74. The maximum atomic E-state index is 11.8. The maximum Gasteiger partial charge on any atom is 0.422 e. The van der Waals surface area contributed by atoms with Crippen LogP contribution in [0.15, 0.2) is 30.3 Å². The highest BCUT2D eigenvalue weighted by Crippen LogP contribution is 2.22. The van der Waals surface area contributed by atoms with Gasteiger partial charge in [0.15, 0.2) is 0 Å². The summed E-state index contributed by atoms with van der Waals surface area (Å²) in [5, 5.41) is 14.3. The van der Waals surface area contributed by atoms with Crippen molar-refractivity contribution in [2.45, 2.75) is 122 Å². The van der Waals surface area contributed by atoms with Crippen molar-refractivity contribution in [3.05, 3.63) is 35.9 Å². The summed E-state index contributed by atoms with van der Waals surface area (Å²) in [6.07, 6.45) is 13.9. The Bertz CT molecular complexity index is 707. The van der Waals surface area contributed by atoms with Crippen LogP contribution in [-0.2, 0) is 16.1 Å². The van der Waals surface area contributed by atoms with Crippen molar-refractivity contribution in [1.82, 2.24) is 15.8 Å². The van der Waals surface area contributed by atoms with E-state index in [0.717, 1.165) is 17.6 Å². The number of carbonyl (C=O) groups is 2. The van der Waals surface area contributed by atoms with Gasteiger partial charge < -0.3 is 15.2 Å². The lowest BCUT2D eigenvalue weighted by Gasteiger charge is -2.30. The first-order valence-corrected chi connectivity index (χ1v) is 12.9. The summed E-state index contributed by atoms with van der Waals surface area (Å²) in [5.74, 6) is -1.03. The normalized spacial score (nSPS) is 18.5. The van der Waals surface area contributed by atoms with E-state index in [4.69, 9.17) is 9.84 Å². The molecule has 2 fully saturated rings. The zero-order valence-corrected chi connectivity index (χ0v) is 21.5. The van der Waals surface area contributed by atoms with Crippen LogP contribution >= 0.6 is 0 Å². The van der Waals surface area contributed by atoms with Crippen molar-refractivity contribution in [1.29, 1.82) is 0 Å². The molecular formula is C27H45N3O4. The van der Waals surface area contributed by atoms with Crippen LogP contribution in [-0.4, -0.2) is 45.9 Å². The molecule has 7 nitrogen and oxygen atoms in total. The van der Waals surface area contributed by atoms with Gasteiger partial charge in [0, 0.05) is 18.6 Å². The number of ether oxygens (including phenoxy) is 1. The van der Waals surface area contributed by atoms with Crippen LogP contribution < -0.4 is 10.7 Å². The molecule has 34 heavy (non-hydrogen) atoms. The Morgan fingerprint density at radius 2 is 1.47 bits per heavy atom. The van der Waals surface area contributed by atoms with Gasteiger partial charge in [0.05, 0.1) is 0 Å². The van der Waals surface area contributed by atoms with E-state index in [-0.39, 0.29) is 6.54 Å². The van der Waals surface area contributed by atoms with Gasteiger partial charge in [-0.05, 0) is 58.9 Å². The van der Waals surface area contributed by atoms with Gasteiger partial charge in [-0.2, -0.15) is 0 Å². The lowest BCUT2D eigenvalue weighted by atomic mass is 9.91. The zero-order chi connectivity index (χ0) is 25.0. The fourth-order valence-electron chi connectivity index (χ4n) is 4.48. The molecule has 2 aliphatic carbocycles. The zero-order valence-electron chi connectivity index (χ0n) is 21.5. The number of aliphatic carboxylic acids is 1. The summed E-state index contributed by atoms with van der Waals surface area (Å²) in [5.41, 5.74) is 2.74. The molecule has 3 rings (SSSR count). The second-order valence-electron chi connectivity index (χ2n) is 10.6. The molecule has 0 spiro atoms. The molecule has 0 unspecified atom stereocenters. The number of carboxylic acids is 1. The largest absolute Gasteiger partial charge is 0.480 e. The Morgan fingerprint density at radius 1 is 0.971 bits per heavy atom. The number of hydrazine groups is 1. The molecule has 2 aliphatic rings. The number of carboxylic acid groups (broad SMARTS) is 1. The molecule has 192 valence electrons. The number of hydrogen-bond acceptors (Lipinski definition) is 5. The number of amides is 1. The lowest BCUT2D eigenvalue weighted by Crippen LogP contribution is -2.51. The first-order chi connectivity index (χ1) is 16.1. The molecule has 0 saturated heterocycles. The van der Waals surface area contributed by atoms with Crippen LogP contribution in [0.4, 0.5) is 4.79 Å². The van der Waals surface area contributed by atoms with E-state index >= 15 is 0 Å². The van der Waals surface area contributed by atoms with Crippen molar-refractivity contribution in [3.8, 4) is 0 Å². The van der Waals surface area contributed by atoms with Crippen LogP contribution in [0.2, 0.25) is 0 Å². The molecule has 7 heteroatoms. The second kappa shape index (κ2) is 14.3. The SMILES string of the molecule is C1CCC(NC2CCCCC2)CC1.C[C@H](C(=O)O)N(Cc1ccccc1)NC(=O)OC(C)(C)C. The molecule has 1 aromatic rings. The Balaban J connectivity index is 0.000000266. The minimum absolute atomic E-state index is 0.271. The van der Waals surface area contributed by atoms with E-state index in [0.29, 0.717) is 0 Å². The van der Waals surface area contributed by atoms with E-state index in [1.165, 1.54) is 76.1 Å². The summed E-state index contributed by atoms with van der Waals surface area (Å²) in [7, 11) is 0. The molecule has 2 saturated carbocycles. The van der Waals surface area contributed by atoms with Crippen molar-refractivity contribution in [3.63, 3.8) is 0 Å². The van der Waals surface area contributed by atoms with Gasteiger partial charge in [0.25, 0.3) is 0 Å². The quantitative estimate of drug-likeness (QED) is 0.442. The molecule has 1 amide bonds. The second-order valence-corrected chi connectivity index (χ2v) is 10.6. The van der Waals surface area contributed by atoms with E-state index in [1.54, 1.807) is 20.8 Å². The van der Waals surface area contributed by atoms with Crippen molar-refractivity contribution in [2.24, 2.45) is 0 Å². The Labute approximate surface area is 205 Å². The molecule has 0 radical (unpaired) electrons. The molecule has 0 bridgehead atoms. The number of benzene rings is 1. The third-order valence-corrected chi connectivity index (χ3v) is 6.34. The van der Waals surface area contributed by atoms with E-state index in [1.807, 2.05) is 30.3 Å². The molecule has 3 N–H and O–H groups in total. The topological polar surface area (TPSA) is 90.9 Å². The Hall–Kier alpha value is -2.12. The van der Waals surface area contributed by atoms with Gasteiger partial charge >= 0.3 is 12.1 Å². The monoisotopic (exact) mass is 475 g/mol. The van der Waals surface area contributed by atoms with Crippen LogP contribution in [0.25, 0.3) is 0 Å². The summed E-state index contributed by atoms with van der Waals surface area (Å²) >= 11 is 0. The predicted octanol–water partition coefficient (Wildman–Crippen LogP) is 5.64. The van der Waals surface area contributed by atoms with Gasteiger partial charge in [0.2, 0.25) is 0 Å². The van der Waals surface area contributed by atoms with Gasteiger partial charge in [-0.15, -0.1) is 0 Å². The van der Waals surface area contributed by atoms with E-state index in [9.17, 15) is 9.59 Å². The van der Waals surface area contributed by atoms with Crippen molar-refractivity contribution < 1.29 is 19.4 Å². The van der Waals surface area contributed by atoms with Crippen molar-refractivity contribution >= 4 is 12.1 Å². The van der Waals surface area contributed by atoms with Crippen LogP contribution in [0, 0.1) is 0 Å². The van der Waals surface area contributed by atoms with Gasteiger partial charge in [-0.25, -0.2) is 9.80 Å². The fraction of sp³-hybridized carbons (Fsp3) is 0.704. The highest BCUT2D eigenvalue weighted by atomic mass is 16.6. The average Bonchev–Trinajstić information content (AvgIpc) is 2.79. The van der Waals surface area contributed by atoms with Crippen LogP contribution in [0.5, 0.6) is 0 Å². The van der Waals surface area contributed by atoms with Gasteiger partial charge in [-0.3, -0.25) is 10.2 Å². The average molecular weight is 476 g/mol. The maximum absolute atomic E-state index is 11.8. The number of nitrogens with one attached hydrogen (secondary N) is 2. The minimum atomic E-state index is -1.03. The first kappa shape index (κ1) is 28.1. The summed E-state index contributed by atoms with van der Waals surface area (Å²) in [6, 6.07) is 10.2. The third kappa shape index (κ3) is 11.3. The fourth-order valence-corrected chi connectivity index (χ4v) is 4.48. The molecule has 1 aromatic carbocycles. The molecule has 0 aromatic heterocycles. The number of carbonyl (C=O) groups excluding carboxylic acids is 1. The Kier molecular flexibility index (Phi) is 11.8. The van der Waals surface area contributed by atoms with Crippen LogP contribution in [0.1, 0.15) is 97.5 Å². The highest BCUT2D eigenvalue weighted by Gasteiger charge is 2.25. The number of nitrogens with zero attached hydrogens (tertiary/aromatic N) is 1. The van der Waals surface area contributed by atoms with Crippen LogP contribution in [0.3, 0.4) is 0 Å².